The Bertz CT molecular complexity index is 2350. The molecule has 0 radical (unpaired) electrons. The van der Waals surface area contributed by atoms with Gasteiger partial charge in [0.05, 0.1) is 22.2 Å². The fourth-order valence-electron chi connectivity index (χ4n) is 7.23. The average molecular weight is 550 g/mol. The summed E-state index contributed by atoms with van der Waals surface area (Å²) < 4.78 is 2.25. The van der Waals surface area contributed by atoms with Crippen molar-refractivity contribution in [1.82, 2.24) is 14.5 Å². The first kappa shape index (κ1) is 24.1. The first-order valence-electron chi connectivity index (χ1n) is 14.8. The number of para-hydroxylation sites is 2. The van der Waals surface area contributed by atoms with Gasteiger partial charge >= 0.3 is 0 Å². The molecule has 3 heteroatoms. The molecule has 1 aliphatic carbocycles. The number of fused-ring (bicyclic) bond motifs is 7. The van der Waals surface area contributed by atoms with E-state index in [0.29, 0.717) is 5.95 Å². The Balaban J connectivity index is 1.39. The quantitative estimate of drug-likeness (QED) is 0.220. The first-order chi connectivity index (χ1) is 21.2. The predicted molar refractivity (Wildman–Crippen MR) is 177 cm³/mol. The normalized spacial score (nSPS) is 15.7. The van der Waals surface area contributed by atoms with Crippen LogP contribution in [-0.4, -0.2) is 14.5 Å². The Morgan fingerprint density at radius 3 is 2.02 bits per heavy atom. The van der Waals surface area contributed by atoms with Crippen LogP contribution in [0.15, 0.2) is 146 Å². The lowest BCUT2D eigenvalue weighted by molar-refractivity contribution is 0.715. The maximum absolute atomic E-state index is 5.28. The molecule has 0 saturated carbocycles. The molecule has 8 aromatic rings. The van der Waals surface area contributed by atoms with Crippen molar-refractivity contribution >= 4 is 32.7 Å². The van der Waals surface area contributed by atoms with Crippen molar-refractivity contribution in [1.29, 1.82) is 0 Å². The summed E-state index contributed by atoms with van der Waals surface area (Å²) in [6.07, 6.45) is 0. The van der Waals surface area contributed by atoms with Gasteiger partial charge in [0, 0.05) is 27.1 Å². The average Bonchev–Trinajstić information content (AvgIpc) is 3.54. The molecular weight excluding hydrogens is 522 g/mol. The molecule has 43 heavy (non-hydrogen) atoms. The molecule has 9 rings (SSSR count). The van der Waals surface area contributed by atoms with Gasteiger partial charge in [-0.15, -0.1) is 0 Å². The fourth-order valence-corrected chi connectivity index (χ4v) is 7.23. The van der Waals surface area contributed by atoms with E-state index in [-0.39, 0.29) is 5.41 Å². The van der Waals surface area contributed by atoms with E-state index >= 15 is 0 Å². The molecule has 0 fully saturated rings. The zero-order chi connectivity index (χ0) is 28.5. The van der Waals surface area contributed by atoms with Crippen LogP contribution in [0.4, 0.5) is 0 Å². The Morgan fingerprint density at radius 1 is 0.512 bits per heavy atom. The molecular formula is C40H27N3. The number of benzene rings is 6. The molecule has 1 unspecified atom stereocenters. The van der Waals surface area contributed by atoms with E-state index in [9.17, 15) is 0 Å². The van der Waals surface area contributed by atoms with Crippen molar-refractivity contribution < 1.29 is 0 Å². The number of rotatable bonds is 3. The van der Waals surface area contributed by atoms with Crippen molar-refractivity contribution in [2.75, 3.05) is 0 Å². The van der Waals surface area contributed by atoms with E-state index in [1.807, 2.05) is 12.1 Å². The number of aromatic nitrogens is 3. The van der Waals surface area contributed by atoms with Gasteiger partial charge in [0.2, 0.25) is 5.95 Å². The maximum Gasteiger partial charge on any atom is 0.235 e. The second kappa shape index (κ2) is 8.98. The van der Waals surface area contributed by atoms with Gasteiger partial charge in [0.15, 0.2) is 0 Å². The molecule has 1 atom stereocenters. The summed E-state index contributed by atoms with van der Waals surface area (Å²) in [5, 5.41) is 3.46. The van der Waals surface area contributed by atoms with Crippen LogP contribution in [0.2, 0.25) is 0 Å². The number of hydrogen-bond donors (Lipinski definition) is 0. The van der Waals surface area contributed by atoms with E-state index in [0.717, 1.165) is 33.2 Å². The third kappa shape index (κ3) is 3.36. The standard InChI is InChI=1S/C40H27N3/c1-40(27-16-6-3-7-17-27)33-21-11-8-18-28(33)31-25-37-32(24-34(31)40)29-19-10-13-23-36(29)43(37)39-41-35-22-12-9-20-30(35)38(42-39)26-14-4-2-5-15-26/h2-25H,1H3. The van der Waals surface area contributed by atoms with Crippen molar-refractivity contribution in [3.05, 3.63) is 162 Å². The van der Waals surface area contributed by atoms with Gasteiger partial charge in [0.25, 0.3) is 0 Å². The highest BCUT2D eigenvalue weighted by molar-refractivity contribution is 6.11. The molecule has 2 heterocycles. The van der Waals surface area contributed by atoms with Gasteiger partial charge in [-0.25, -0.2) is 9.97 Å². The minimum atomic E-state index is -0.259. The predicted octanol–water partition coefficient (Wildman–Crippen LogP) is 9.73. The zero-order valence-electron chi connectivity index (χ0n) is 23.7. The molecule has 0 spiro atoms. The second-order valence-corrected chi connectivity index (χ2v) is 11.6. The molecule has 2 aromatic heterocycles. The van der Waals surface area contributed by atoms with Crippen LogP contribution in [0.1, 0.15) is 23.6 Å². The Kier molecular flexibility index (Phi) is 5.03. The van der Waals surface area contributed by atoms with Crippen LogP contribution in [-0.2, 0) is 5.41 Å². The van der Waals surface area contributed by atoms with Crippen LogP contribution in [0, 0.1) is 0 Å². The third-order valence-corrected chi connectivity index (χ3v) is 9.30. The molecule has 0 saturated heterocycles. The molecule has 3 nitrogen and oxygen atoms in total. The van der Waals surface area contributed by atoms with Crippen LogP contribution in [0.5, 0.6) is 0 Å². The maximum atomic E-state index is 5.28. The smallest absolute Gasteiger partial charge is 0.235 e. The van der Waals surface area contributed by atoms with Gasteiger partial charge in [-0.05, 0) is 59.0 Å². The molecule has 6 aromatic carbocycles. The summed E-state index contributed by atoms with van der Waals surface area (Å²) in [6.45, 7) is 2.37. The van der Waals surface area contributed by atoms with Gasteiger partial charge < -0.3 is 0 Å². The highest BCUT2D eigenvalue weighted by Crippen LogP contribution is 2.54. The lowest BCUT2D eigenvalue weighted by atomic mass is 9.74. The molecule has 0 bridgehead atoms. The Labute approximate surface area is 249 Å². The fraction of sp³-hybridized carbons (Fsp3) is 0.0500. The molecule has 0 N–H and O–H groups in total. The summed E-state index contributed by atoms with van der Waals surface area (Å²) in [5.41, 5.74) is 11.4. The molecule has 0 amide bonds. The molecule has 0 aliphatic heterocycles. The van der Waals surface area contributed by atoms with E-state index < -0.39 is 0 Å². The van der Waals surface area contributed by atoms with Crippen molar-refractivity contribution in [3.8, 4) is 28.3 Å². The second-order valence-electron chi connectivity index (χ2n) is 11.6. The van der Waals surface area contributed by atoms with Crippen molar-refractivity contribution in [3.63, 3.8) is 0 Å². The minimum absolute atomic E-state index is 0.259. The van der Waals surface area contributed by atoms with E-state index in [4.69, 9.17) is 9.97 Å². The van der Waals surface area contributed by atoms with Crippen LogP contribution >= 0.6 is 0 Å². The van der Waals surface area contributed by atoms with Crippen LogP contribution in [0.25, 0.3) is 61.0 Å². The van der Waals surface area contributed by atoms with Crippen LogP contribution < -0.4 is 0 Å². The third-order valence-electron chi connectivity index (χ3n) is 9.30. The minimum Gasteiger partial charge on any atom is -0.278 e. The topological polar surface area (TPSA) is 30.7 Å². The number of nitrogens with zero attached hydrogens (tertiary/aromatic N) is 3. The van der Waals surface area contributed by atoms with Gasteiger partial charge in [-0.3, -0.25) is 4.57 Å². The van der Waals surface area contributed by atoms with E-state index in [2.05, 4.69) is 145 Å². The Hall–Kier alpha value is -5.54. The van der Waals surface area contributed by atoms with Gasteiger partial charge in [-0.1, -0.05) is 121 Å². The van der Waals surface area contributed by atoms with Crippen molar-refractivity contribution in [2.24, 2.45) is 0 Å². The lowest BCUT2D eigenvalue weighted by Crippen LogP contribution is -2.22. The molecule has 1 aliphatic rings. The monoisotopic (exact) mass is 549 g/mol. The molecule has 202 valence electrons. The van der Waals surface area contributed by atoms with Gasteiger partial charge in [-0.2, -0.15) is 0 Å². The highest BCUT2D eigenvalue weighted by Gasteiger charge is 2.41. The first-order valence-corrected chi connectivity index (χ1v) is 14.8. The van der Waals surface area contributed by atoms with Gasteiger partial charge in [0.1, 0.15) is 0 Å². The SMILES string of the molecule is CC1(c2ccccc2)c2ccccc2-c2cc3c(cc21)c1ccccc1n3-c1nc(-c2ccccc2)c2ccccc2n1. The number of hydrogen-bond acceptors (Lipinski definition) is 2. The highest BCUT2D eigenvalue weighted by atomic mass is 15.2. The van der Waals surface area contributed by atoms with E-state index in [1.165, 1.54) is 38.6 Å². The lowest BCUT2D eigenvalue weighted by Gasteiger charge is -2.28. The van der Waals surface area contributed by atoms with E-state index in [1.54, 1.807) is 0 Å². The summed E-state index contributed by atoms with van der Waals surface area (Å²) in [6, 6.07) is 51.9. The van der Waals surface area contributed by atoms with Crippen LogP contribution in [0.3, 0.4) is 0 Å². The summed E-state index contributed by atoms with van der Waals surface area (Å²) in [4.78, 5) is 10.4. The zero-order valence-corrected chi connectivity index (χ0v) is 23.7. The summed E-state index contributed by atoms with van der Waals surface area (Å²) >= 11 is 0. The summed E-state index contributed by atoms with van der Waals surface area (Å²) in [7, 11) is 0. The summed E-state index contributed by atoms with van der Waals surface area (Å²) in [5.74, 6) is 0.681. The largest absolute Gasteiger partial charge is 0.278 e. The Morgan fingerprint density at radius 2 is 1.19 bits per heavy atom. The van der Waals surface area contributed by atoms with Crippen molar-refractivity contribution in [2.45, 2.75) is 12.3 Å².